The zero-order valence-electron chi connectivity index (χ0n) is 11.7. The fourth-order valence-electron chi connectivity index (χ4n) is 2.84. The van der Waals surface area contributed by atoms with Crippen molar-refractivity contribution in [2.45, 2.75) is 25.9 Å². The Hall–Kier alpha value is -1.72. The van der Waals surface area contributed by atoms with E-state index in [1.54, 1.807) is 16.7 Å². The van der Waals surface area contributed by atoms with Crippen molar-refractivity contribution < 1.29 is 0 Å². The van der Waals surface area contributed by atoms with Gasteiger partial charge in [-0.15, -0.1) is 0 Å². The molecular weight excluding hydrogens is 252 g/mol. The fraction of sp³-hybridized carbons (Fsp3) is 0.467. The van der Waals surface area contributed by atoms with Gasteiger partial charge in [-0.3, -0.25) is 14.1 Å². The van der Waals surface area contributed by atoms with Crippen LogP contribution >= 0.6 is 0 Å². The quantitative estimate of drug-likeness (QED) is 0.897. The van der Waals surface area contributed by atoms with Gasteiger partial charge in [0, 0.05) is 31.4 Å². The van der Waals surface area contributed by atoms with Crippen molar-refractivity contribution in [1.82, 2.24) is 19.6 Å². The average molecular weight is 272 g/mol. The lowest BCUT2D eigenvalue weighted by Gasteiger charge is -2.26. The molecule has 20 heavy (non-hydrogen) atoms. The number of nitrogens with one attached hydrogen (secondary N) is 1. The van der Waals surface area contributed by atoms with Crippen LogP contribution in [0.15, 0.2) is 35.3 Å². The Bertz CT molecular complexity index is 646. The Morgan fingerprint density at radius 3 is 3.15 bits per heavy atom. The lowest BCUT2D eigenvalue weighted by molar-refractivity contribution is 0.208. The van der Waals surface area contributed by atoms with Gasteiger partial charge in [-0.25, -0.2) is 4.98 Å². The molecule has 0 spiro atoms. The molecule has 3 heterocycles. The summed E-state index contributed by atoms with van der Waals surface area (Å²) in [6, 6.07) is 7.83. The van der Waals surface area contributed by atoms with E-state index in [1.165, 1.54) is 6.42 Å². The summed E-state index contributed by atoms with van der Waals surface area (Å²) in [5.41, 5.74) is 1.57. The predicted octanol–water partition coefficient (Wildman–Crippen LogP) is 0.878. The number of pyridine rings is 1. The van der Waals surface area contributed by atoms with Crippen molar-refractivity contribution in [3.8, 4) is 0 Å². The molecule has 3 rings (SSSR count). The molecule has 0 aromatic carbocycles. The van der Waals surface area contributed by atoms with Crippen LogP contribution < -0.4 is 10.9 Å². The largest absolute Gasteiger partial charge is 0.315 e. The molecular formula is C15H20N4O. The zero-order chi connectivity index (χ0) is 13.9. The summed E-state index contributed by atoms with van der Waals surface area (Å²) in [5.74, 6) is 0. The average Bonchev–Trinajstić information content (AvgIpc) is 2.99. The number of fused-ring (bicyclic) bond motifs is 1. The van der Waals surface area contributed by atoms with Crippen LogP contribution in [-0.2, 0) is 6.54 Å². The molecule has 1 aliphatic heterocycles. The van der Waals surface area contributed by atoms with Gasteiger partial charge in [0.2, 0.25) is 0 Å². The highest BCUT2D eigenvalue weighted by atomic mass is 16.1. The smallest absolute Gasteiger partial charge is 0.258 e. The zero-order valence-corrected chi connectivity index (χ0v) is 11.7. The van der Waals surface area contributed by atoms with E-state index in [-0.39, 0.29) is 5.56 Å². The second-order valence-electron chi connectivity index (χ2n) is 5.22. The predicted molar refractivity (Wildman–Crippen MR) is 78.8 cm³/mol. The highest BCUT2D eigenvalue weighted by Crippen LogP contribution is 2.11. The third-order valence-electron chi connectivity index (χ3n) is 3.95. The van der Waals surface area contributed by atoms with E-state index in [2.05, 4.69) is 22.1 Å². The second-order valence-corrected chi connectivity index (χ2v) is 5.22. The van der Waals surface area contributed by atoms with E-state index in [0.29, 0.717) is 6.04 Å². The molecule has 5 nitrogen and oxygen atoms in total. The Balaban J connectivity index is 1.88. The first-order valence-corrected chi connectivity index (χ1v) is 7.20. The Morgan fingerprint density at radius 1 is 1.50 bits per heavy atom. The van der Waals surface area contributed by atoms with Crippen molar-refractivity contribution in [3.63, 3.8) is 0 Å². The molecule has 2 aromatic heterocycles. The summed E-state index contributed by atoms with van der Waals surface area (Å²) in [4.78, 5) is 19.1. The van der Waals surface area contributed by atoms with Gasteiger partial charge in [-0.1, -0.05) is 13.0 Å². The summed E-state index contributed by atoms with van der Waals surface area (Å²) in [6.45, 7) is 5.98. The van der Waals surface area contributed by atoms with Crippen LogP contribution in [0, 0.1) is 0 Å². The number of aromatic nitrogens is 2. The molecule has 2 aromatic rings. The molecule has 0 amide bonds. The van der Waals surface area contributed by atoms with Gasteiger partial charge in [0.05, 0.1) is 5.69 Å². The first-order valence-electron chi connectivity index (χ1n) is 7.20. The molecule has 1 unspecified atom stereocenters. The molecule has 0 radical (unpaired) electrons. The highest BCUT2D eigenvalue weighted by molar-refractivity contribution is 5.37. The van der Waals surface area contributed by atoms with E-state index in [1.807, 2.05) is 18.2 Å². The van der Waals surface area contributed by atoms with Gasteiger partial charge >= 0.3 is 0 Å². The first kappa shape index (κ1) is 13.3. The van der Waals surface area contributed by atoms with Gasteiger partial charge in [-0.2, -0.15) is 0 Å². The Labute approximate surface area is 118 Å². The minimum atomic E-state index is -0.00815. The van der Waals surface area contributed by atoms with E-state index < -0.39 is 0 Å². The highest BCUT2D eigenvalue weighted by Gasteiger charge is 2.21. The summed E-state index contributed by atoms with van der Waals surface area (Å²) in [6.07, 6.45) is 2.92. The molecule has 1 fully saturated rings. The fourth-order valence-corrected chi connectivity index (χ4v) is 2.84. The van der Waals surface area contributed by atoms with Crippen LogP contribution in [0.25, 0.3) is 5.65 Å². The maximum Gasteiger partial charge on any atom is 0.258 e. The molecule has 1 N–H and O–H groups in total. The molecule has 1 atom stereocenters. The monoisotopic (exact) mass is 272 g/mol. The SMILES string of the molecule is CCN(Cc1cc(=O)n2ccccc2n1)C1CCNC1. The number of likely N-dealkylation sites (N-methyl/N-ethyl adjacent to an activating group) is 1. The van der Waals surface area contributed by atoms with Crippen molar-refractivity contribution >= 4 is 5.65 Å². The summed E-state index contributed by atoms with van der Waals surface area (Å²) in [5, 5.41) is 3.39. The maximum atomic E-state index is 12.1. The lowest BCUT2D eigenvalue weighted by atomic mass is 10.2. The Morgan fingerprint density at radius 2 is 2.40 bits per heavy atom. The molecule has 0 aliphatic carbocycles. The van der Waals surface area contributed by atoms with Crippen molar-refractivity contribution in [2.24, 2.45) is 0 Å². The van der Waals surface area contributed by atoms with Crippen LogP contribution in [-0.4, -0.2) is 40.0 Å². The summed E-state index contributed by atoms with van der Waals surface area (Å²) >= 11 is 0. The van der Waals surface area contributed by atoms with E-state index >= 15 is 0 Å². The van der Waals surface area contributed by atoms with Gasteiger partial charge < -0.3 is 5.32 Å². The van der Waals surface area contributed by atoms with Crippen molar-refractivity contribution in [3.05, 3.63) is 46.5 Å². The third-order valence-corrected chi connectivity index (χ3v) is 3.95. The third kappa shape index (κ3) is 2.59. The van der Waals surface area contributed by atoms with Crippen LogP contribution in [0.4, 0.5) is 0 Å². The molecule has 106 valence electrons. The summed E-state index contributed by atoms with van der Waals surface area (Å²) < 4.78 is 1.58. The Kier molecular flexibility index (Phi) is 3.80. The molecule has 0 saturated carbocycles. The van der Waals surface area contributed by atoms with Crippen molar-refractivity contribution in [2.75, 3.05) is 19.6 Å². The number of hydrogen-bond acceptors (Lipinski definition) is 4. The number of nitrogens with zero attached hydrogens (tertiary/aromatic N) is 3. The van der Waals surface area contributed by atoms with Crippen LogP contribution in [0.2, 0.25) is 0 Å². The van der Waals surface area contributed by atoms with Crippen LogP contribution in [0.3, 0.4) is 0 Å². The standard InChI is InChI=1S/C15H20N4O/c1-2-18(13-6-7-16-10-13)11-12-9-15(20)19-8-4-3-5-14(19)17-12/h3-5,8-9,13,16H,2,6-7,10-11H2,1H3. The van der Waals surface area contributed by atoms with Gasteiger partial charge in [0.25, 0.3) is 5.56 Å². The summed E-state index contributed by atoms with van der Waals surface area (Å²) in [7, 11) is 0. The van der Waals surface area contributed by atoms with Gasteiger partial charge in [-0.05, 0) is 31.6 Å². The minimum Gasteiger partial charge on any atom is -0.315 e. The second kappa shape index (κ2) is 5.73. The molecule has 0 bridgehead atoms. The number of rotatable bonds is 4. The van der Waals surface area contributed by atoms with Crippen LogP contribution in [0.5, 0.6) is 0 Å². The first-order chi connectivity index (χ1) is 9.78. The topological polar surface area (TPSA) is 49.6 Å². The van der Waals surface area contributed by atoms with Gasteiger partial charge in [0.15, 0.2) is 0 Å². The molecule has 5 heteroatoms. The molecule has 1 saturated heterocycles. The van der Waals surface area contributed by atoms with E-state index in [0.717, 1.165) is 37.5 Å². The van der Waals surface area contributed by atoms with Gasteiger partial charge in [0.1, 0.15) is 5.65 Å². The minimum absolute atomic E-state index is 0.00815. The van der Waals surface area contributed by atoms with E-state index in [9.17, 15) is 4.79 Å². The molecule has 1 aliphatic rings. The van der Waals surface area contributed by atoms with Crippen molar-refractivity contribution in [1.29, 1.82) is 0 Å². The number of hydrogen-bond donors (Lipinski definition) is 1. The van der Waals surface area contributed by atoms with E-state index in [4.69, 9.17) is 0 Å². The lowest BCUT2D eigenvalue weighted by Crippen LogP contribution is -2.36. The van der Waals surface area contributed by atoms with Crippen LogP contribution in [0.1, 0.15) is 19.0 Å². The normalized spacial score (nSPS) is 19.0. The maximum absolute atomic E-state index is 12.1.